The van der Waals surface area contributed by atoms with E-state index < -0.39 is 5.25 Å². The standard InChI is InChI=1S/C15H16ClN3O3S/c16-10-1-3-11(4-2-10)17-13(20)9-12-14(21)18-15(23-12)19-5-7-22-8-6-19/h1-4,12H,5-9H2,(H,17,20)/t12-/m1/s1. The van der Waals surface area contributed by atoms with Gasteiger partial charge in [-0.05, 0) is 24.3 Å². The van der Waals surface area contributed by atoms with Crippen molar-refractivity contribution in [2.45, 2.75) is 11.7 Å². The normalized spacial score (nSPS) is 21.3. The molecule has 1 aromatic carbocycles. The molecule has 1 fully saturated rings. The van der Waals surface area contributed by atoms with Gasteiger partial charge >= 0.3 is 0 Å². The fourth-order valence-corrected chi connectivity index (χ4v) is 3.56. The number of hydrogen-bond donors (Lipinski definition) is 1. The van der Waals surface area contributed by atoms with Gasteiger partial charge in [-0.1, -0.05) is 23.4 Å². The molecular weight excluding hydrogens is 338 g/mol. The second kappa shape index (κ2) is 7.33. The predicted molar refractivity (Wildman–Crippen MR) is 90.9 cm³/mol. The van der Waals surface area contributed by atoms with Crippen molar-refractivity contribution in [2.24, 2.45) is 4.99 Å². The number of hydrogen-bond acceptors (Lipinski definition) is 5. The van der Waals surface area contributed by atoms with Gasteiger partial charge in [-0.2, -0.15) is 4.99 Å². The summed E-state index contributed by atoms with van der Waals surface area (Å²) < 4.78 is 5.29. The number of carbonyl (C=O) groups excluding carboxylic acids is 2. The maximum Gasteiger partial charge on any atom is 0.262 e. The van der Waals surface area contributed by atoms with E-state index in [0.717, 1.165) is 13.1 Å². The zero-order valence-corrected chi connectivity index (χ0v) is 13.9. The minimum atomic E-state index is -0.458. The zero-order valence-electron chi connectivity index (χ0n) is 12.3. The topological polar surface area (TPSA) is 71.0 Å². The van der Waals surface area contributed by atoms with Crippen LogP contribution in [0.2, 0.25) is 5.02 Å². The average Bonchev–Trinajstić information content (AvgIpc) is 2.91. The Morgan fingerprint density at radius 1 is 1.35 bits per heavy atom. The number of halogens is 1. The van der Waals surface area contributed by atoms with Crippen LogP contribution in [0.4, 0.5) is 5.69 Å². The van der Waals surface area contributed by atoms with Crippen LogP contribution in [0, 0.1) is 0 Å². The molecule has 0 aromatic heterocycles. The number of amidine groups is 1. The Balaban J connectivity index is 1.53. The molecular formula is C15H16ClN3O3S. The molecule has 0 bridgehead atoms. The maximum atomic E-state index is 12.1. The third-order valence-electron chi connectivity index (χ3n) is 3.51. The number of thioether (sulfide) groups is 1. The molecule has 3 rings (SSSR count). The van der Waals surface area contributed by atoms with Crippen molar-refractivity contribution in [1.29, 1.82) is 0 Å². The van der Waals surface area contributed by atoms with E-state index in [0.29, 0.717) is 29.1 Å². The number of anilines is 1. The molecule has 2 aliphatic heterocycles. The first kappa shape index (κ1) is 16.3. The number of morpholine rings is 1. The summed E-state index contributed by atoms with van der Waals surface area (Å²) in [5.41, 5.74) is 0.657. The van der Waals surface area contributed by atoms with E-state index in [1.54, 1.807) is 24.3 Å². The molecule has 0 aliphatic carbocycles. The predicted octanol–water partition coefficient (Wildman–Crippen LogP) is 2.00. The smallest absolute Gasteiger partial charge is 0.262 e. The Bertz CT molecular complexity index is 629. The maximum absolute atomic E-state index is 12.1. The van der Waals surface area contributed by atoms with Gasteiger partial charge in [-0.25, -0.2) is 0 Å². The first-order chi connectivity index (χ1) is 11.1. The van der Waals surface area contributed by atoms with Crippen LogP contribution >= 0.6 is 23.4 Å². The zero-order chi connectivity index (χ0) is 16.2. The molecule has 2 amide bonds. The fourth-order valence-electron chi connectivity index (χ4n) is 2.31. The van der Waals surface area contributed by atoms with Gasteiger partial charge in [0.2, 0.25) is 5.91 Å². The van der Waals surface area contributed by atoms with Crippen LogP contribution in [0.25, 0.3) is 0 Å². The van der Waals surface area contributed by atoms with Gasteiger partial charge in [0.15, 0.2) is 5.17 Å². The lowest BCUT2D eigenvalue weighted by molar-refractivity contribution is -0.121. The Morgan fingerprint density at radius 2 is 2.04 bits per heavy atom. The minimum absolute atomic E-state index is 0.101. The quantitative estimate of drug-likeness (QED) is 0.900. The second-order valence-corrected chi connectivity index (χ2v) is 6.80. The summed E-state index contributed by atoms with van der Waals surface area (Å²) >= 11 is 7.16. The Morgan fingerprint density at radius 3 is 2.74 bits per heavy atom. The van der Waals surface area contributed by atoms with Crippen LogP contribution in [0.1, 0.15) is 6.42 Å². The lowest BCUT2D eigenvalue weighted by Gasteiger charge is -2.27. The summed E-state index contributed by atoms with van der Waals surface area (Å²) in [6, 6.07) is 6.84. The lowest BCUT2D eigenvalue weighted by atomic mass is 10.2. The summed E-state index contributed by atoms with van der Waals surface area (Å²) in [5, 5.41) is 3.61. The van der Waals surface area contributed by atoms with E-state index in [1.807, 2.05) is 4.90 Å². The van der Waals surface area contributed by atoms with Crippen LogP contribution in [0.15, 0.2) is 29.3 Å². The molecule has 2 heterocycles. The molecule has 1 saturated heterocycles. The molecule has 0 saturated carbocycles. The minimum Gasteiger partial charge on any atom is -0.378 e. The van der Waals surface area contributed by atoms with Gasteiger partial charge in [0.1, 0.15) is 5.25 Å². The highest BCUT2D eigenvalue weighted by Gasteiger charge is 2.33. The molecule has 8 heteroatoms. The Kier molecular flexibility index (Phi) is 5.20. The van der Waals surface area contributed by atoms with Crippen molar-refractivity contribution in [3.05, 3.63) is 29.3 Å². The van der Waals surface area contributed by atoms with Crippen molar-refractivity contribution in [3.63, 3.8) is 0 Å². The molecule has 122 valence electrons. The first-order valence-electron chi connectivity index (χ1n) is 7.29. The molecule has 2 aliphatic rings. The summed E-state index contributed by atoms with van der Waals surface area (Å²) in [5.74, 6) is -0.459. The summed E-state index contributed by atoms with van der Waals surface area (Å²) in [4.78, 5) is 30.2. The van der Waals surface area contributed by atoms with Gasteiger partial charge in [0.05, 0.1) is 13.2 Å². The van der Waals surface area contributed by atoms with E-state index >= 15 is 0 Å². The third-order valence-corrected chi connectivity index (χ3v) is 4.97. The Labute approximate surface area is 143 Å². The van der Waals surface area contributed by atoms with Gasteiger partial charge in [0, 0.05) is 30.2 Å². The van der Waals surface area contributed by atoms with Crippen molar-refractivity contribution in [3.8, 4) is 0 Å². The monoisotopic (exact) mass is 353 g/mol. The number of ether oxygens (including phenoxy) is 1. The highest BCUT2D eigenvalue weighted by molar-refractivity contribution is 8.15. The second-order valence-electron chi connectivity index (χ2n) is 5.20. The van der Waals surface area contributed by atoms with Gasteiger partial charge in [-0.15, -0.1) is 0 Å². The molecule has 1 atom stereocenters. The highest BCUT2D eigenvalue weighted by Crippen LogP contribution is 2.28. The number of carbonyl (C=O) groups is 2. The van der Waals surface area contributed by atoms with E-state index in [4.69, 9.17) is 16.3 Å². The molecule has 1 N–H and O–H groups in total. The number of nitrogens with zero attached hydrogens (tertiary/aromatic N) is 2. The lowest BCUT2D eigenvalue weighted by Crippen LogP contribution is -2.39. The van der Waals surface area contributed by atoms with Gasteiger partial charge in [0.25, 0.3) is 5.91 Å². The van der Waals surface area contributed by atoms with E-state index in [1.165, 1.54) is 11.8 Å². The number of aliphatic imine (C=N–C) groups is 1. The van der Waals surface area contributed by atoms with E-state index in [9.17, 15) is 9.59 Å². The van der Waals surface area contributed by atoms with Crippen molar-refractivity contribution in [2.75, 3.05) is 31.6 Å². The van der Waals surface area contributed by atoms with E-state index in [-0.39, 0.29) is 18.2 Å². The first-order valence-corrected chi connectivity index (χ1v) is 8.55. The Hall–Kier alpha value is -1.57. The largest absolute Gasteiger partial charge is 0.378 e. The molecule has 1 aromatic rings. The summed E-state index contributed by atoms with van der Waals surface area (Å²) in [6.45, 7) is 2.72. The van der Waals surface area contributed by atoms with Crippen LogP contribution in [-0.2, 0) is 14.3 Å². The van der Waals surface area contributed by atoms with Crippen molar-refractivity contribution in [1.82, 2.24) is 4.90 Å². The average molecular weight is 354 g/mol. The number of rotatable bonds is 3. The van der Waals surface area contributed by atoms with Crippen molar-refractivity contribution < 1.29 is 14.3 Å². The molecule has 0 unspecified atom stereocenters. The van der Waals surface area contributed by atoms with Crippen LogP contribution in [0.5, 0.6) is 0 Å². The summed E-state index contributed by atoms with van der Waals surface area (Å²) in [6.07, 6.45) is 0.101. The van der Waals surface area contributed by atoms with Crippen molar-refractivity contribution >= 4 is 46.0 Å². The fraction of sp³-hybridized carbons (Fsp3) is 0.400. The van der Waals surface area contributed by atoms with Crippen LogP contribution in [0.3, 0.4) is 0 Å². The number of nitrogens with one attached hydrogen (secondary N) is 1. The van der Waals surface area contributed by atoms with Crippen LogP contribution < -0.4 is 5.32 Å². The van der Waals surface area contributed by atoms with E-state index in [2.05, 4.69) is 10.3 Å². The number of benzene rings is 1. The molecule has 0 spiro atoms. The third kappa shape index (κ3) is 4.25. The van der Waals surface area contributed by atoms with Gasteiger partial charge in [-0.3, -0.25) is 9.59 Å². The van der Waals surface area contributed by atoms with Gasteiger partial charge < -0.3 is 15.0 Å². The highest BCUT2D eigenvalue weighted by atomic mass is 35.5. The SMILES string of the molecule is O=C(C[C@H]1SC(N2CCOCC2)=NC1=O)Nc1ccc(Cl)cc1. The van der Waals surface area contributed by atoms with Crippen LogP contribution in [-0.4, -0.2) is 53.4 Å². The molecule has 23 heavy (non-hydrogen) atoms. The number of amides is 2. The molecule has 0 radical (unpaired) electrons. The molecule has 6 nitrogen and oxygen atoms in total. The summed E-state index contributed by atoms with van der Waals surface area (Å²) in [7, 11) is 0.